The fourth-order valence-electron chi connectivity index (χ4n) is 2.28. The molecule has 8 heteroatoms. The van der Waals surface area contributed by atoms with Crippen molar-refractivity contribution in [3.8, 4) is 17.5 Å². The molecule has 2 heterocycles. The van der Waals surface area contributed by atoms with Crippen LogP contribution in [-0.2, 0) is 0 Å². The van der Waals surface area contributed by atoms with Gasteiger partial charge >= 0.3 is 0 Å². The maximum atomic E-state index is 12.4. The Kier molecular flexibility index (Phi) is 5.36. The lowest BCUT2D eigenvalue weighted by atomic mass is 9.97. The van der Waals surface area contributed by atoms with Gasteiger partial charge in [-0.15, -0.1) is 5.10 Å². The summed E-state index contributed by atoms with van der Waals surface area (Å²) in [6.45, 7) is 6.98. The predicted octanol–water partition coefficient (Wildman–Crippen LogP) is 2.33. The van der Waals surface area contributed by atoms with E-state index in [1.807, 2.05) is 0 Å². The first kappa shape index (κ1) is 19.0. The highest BCUT2D eigenvalue weighted by molar-refractivity contribution is 6.09. The molecule has 8 nitrogen and oxygen atoms in total. The summed E-state index contributed by atoms with van der Waals surface area (Å²) in [5.74, 6) is 5.85. The van der Waals surface area contributed by atoms with Crippen molar-refractivity contribution in [3.05, 3.63) is 54.0 Å². The lowest BCUT2D eigenvalue weighted by Gasteiger charge is -2.19. The van der Waals surface area contributed by atoms with Crippen molar-refractivity contribution in [3.63, 3.8) is 0 Å². The van der Waals surface area contributed by atoms with Crippen molar-refractivity contribution in [2.75, 3.05) is 17.6 Å². The van der Waals surface area contributed by atoms with Gasteiger partial charge in [0.05, 0.1) is 29.8 Å². The van der Waals surface area contributed by atoms with Gasteiger partial charge in [-0.2, -0.15) is 4.98 Å². The number of hydrogen-bond donors (Lipinski definition) is 2. The van der Waals surface area contributed by atoms with Crippen LogP contribution in [0.4, 0.5) is 11.8 Å². The summed E-state index contributed by atoms with van der Waals surface area (Å²) in [4.78, 5) is 20.6. The van der Waals surface area contributed by atoms with E-state index in [9.17, 15) is 4.79 Å². The molecule has 0 saturated heterocycles. The Labute approximate surface area is 163 Å². The van der Waals surface area contributed by atoms with Crippen LogP contribution in [-0.4, -0.2) is 37.3 Å². The van der Waals surface area contributed by atoms with E-state index in [1.165, 1.54) is 6.20 Å². The Morgan fingerprint density at radius 1 is 1.25 bits per heavy atom. The number of nitrogens with zero attached hydrogens (tertiary/aromatic N) is 5. The van der Waals surface area contributed by atoms with Crippen LogP contribution in [0.5, 0.6) is 0 Å². The van der Waals surface area contributed by atoms with E-state index in [1.54, 1.807) is 41.3 Å². The third-order valence-electron chi connectivity index (χ3n) is 3.72. The number of nitrogen functional groups attached to an aromatic ring is 1. The SMILES string of the molecule is CC(C)(C)CNc1nc(N)ncc1C#CC(=O)c1ccc(-n2ccnn2)cc1. The highest BCUT2D eigenvalue weighted by atomic mass is 16.1. The number of rotatable bonds is 4. The topological polar surface area (TPSA) is 112 Å². The molecule has 0 radical (unpaired) electrons. The predicted molar refractivity (Wildman–Crippen MR) is 107 cm³/mol. The zero-order chi connectivity index (χ0) is 20.1. The average molecular weight is 375 g/mol. The molecule has 3 aromatic rings. The molecule has 142 valence electrons. The van der Waals surface area contributed by atoms with Gasteiger partial charge in [0.15, 0.2) is 0 Å². The minimum Gasteiger partial charge on any atom is -0.368 e. The summed E-state index contributed by atoms with van der Waals surface area (Å²) in [7, 11) is 0. The Morgan fingerprint density at radius 3 is 2.64 bits per heavy atom. The summed E-state index contributed by atoms with van der Waals surface area (Å²) in [5, 5.41) is 10.9. The molecule has 0 atom stereocenters. The zero-order valence-electron chi connectivity index (χ0n) is 16.0. The molecule has 0 saturated carbocycles. The van der Waals surface area contributed by atoms with Gasteiger partial charge in [0, 0.05) is 12.1 Å². The largest absolute Gasteiger partial charge is 0.368 e. The van der Waals surface area contributed by atoms with Gasteiger partial charge in [0.25, 0.3) is 0 Å². The average Bonchev–Trinajstić information content (AvgIpc) is 3.19. The second kappa shape index (κ2) is 7.88. The molecule has 28 heavy (non-hydrogen) atoms. The van der Waals surface area contributed by atoms with Gasteiger partial charge in [0.1, 0.15) is 5.82 Å². The lowest BCUT2D eigenvalue weighted by molar-refractivity contribution is 0.105. The van der Waals surface area contributed by atoms with Crippen LogP contribution < -0.4 is 11.1 Å². The molecule has 0 aliphatic heterocycles. The Bertz CT molecular complexity index is 1020. The molecule has 0 amide bonds. The van der Waals surface area contributed by atoms with Gasteiger partial charge in [-0.1, -0.05) is 31.9 Å². The first-order chi connectivity index (χ1) is 13.3. The van der Waals surface area contributed by atoms with Crippen molar-refractivity contribution >= 4 is 17.5 Å². The molecule has 0 aliphatic carbocycles. The third-order valence-corrected chi connectivity index (χ3v) is 3.72. The smallest absolute Gasteiger partial charge is 0.236 e. The third kappa shape index (κ3) is 4.92. The molecular weight excluding hydrogens is 354 g/mol. The first-order valence-corrected chi connectivity index (χ1v) is 8.71. The molecular formula is C20H21N7O. The number of nitrogens with one attached hydrogen (secondary N) is 1. The van der Waals surface area contributed by atoms with E-state index >= 15 is 0 Å². The number of benzene rings is 1. The number of ketones is 1. The summed E-state index contributed by atoms with van der Waals surface area (Å²) in [6, 6.07) is 6.97. The van der Waals surface area contributed by atoms with Gasteiger partial charge in [-0.3, -0.25) is 4.79 Å². The number of aromatic nitrogens is 5. The van der Waals surface area contributed by atoms with Crippen LogP contribution in [0.1, 0.15) is 36.7 Å². The van der Waals surface area contributed by atoms with E-state index in [0.717, 1.165) is 5.69 Å². The number of hydrogen-bond acceptors (Lipinski definition) is 7. The number of carbonyl (C=O) groups is 1. The molecule has 0 unspecified atom stereocenters. The Hall–Kier alpha value is -3.73. The van der Waals surface area contributed by atoms with Gasteiger partial charge in [-0.05, 0) is 35.6 Å². The van der Waals surface area contributed by atoms with Gasteiger partial charge < -0.3 is 11.1 Å². The first-order valence-electron chi connectivity index (χ1n) is 8.71. The van der Waals surface area contributed by atoms with Crippen LogP contribution in [0, 0.1) is 17.3 Å². The molecule has 3 rings (SSSR count). The molecule has 0 bridgehead atoms. The Morgan fingerprint density at radius 2 is 2.00 bits per heavy atom. The standard InChI is InChI=1S/C20H21N7O/c1-20(2,3)13-23-18-15(12-22-19(21)25-18)6-9-17(28)14-4-7-16(8-5-14)27-11-10-24-26-27/h4-5,7-8,10-12H,13H2,1-3H3,(H3,21,22,23,25). The van der Waals surface area contributed by atoms with Crippen LogP contribution in [0.3, 0.4) is 0 Å². The number of nitrogens with two attached hydrogens (primary N) is 1. The van der Waals surface area contributed by atoms with Crippen molar-refractivity contribution in [2.45, 2.75) is 20.8 Å². The second-order valence-corrected chi connectivity index (χ2v) is 7.38. The summed E-state index contributed by atoms with van der Waals surface area (Å²) >= 11 is 0. The van der Waals surface area contributed by atoms with Gasteiger partial charge in [-0.25, -0.2) is 9.67 Å². The highest BCUT2D eigenvalue weighted by Gasteiger charge is 2.12. The maximum absolute atomic E-state index is 12.4. The lowest BCUT2D eigenvalue weighted by Crippen LogP contribution is -2.20. The fourth-order valence-corrected chi connectivity index (χ4v) is 2.28. The zero-order valence-corrected chi connectivity index (χ0v) is 16.0. The van der Waals surface area contributed by atoms with Crippen LogP contribution in [0.25, 0.3) is 5.69 Å². The van der Waals surface area contributed by atoms with E-state index in [2.05, 4.69) is 58.2 Å². The molecule has 2 aromatic heterocycles. The van der Waals surface area contributed by atoms with E-state index in [4.69, 9.17) is 5.73 Å². The minimum absolute atomic E-state index is 0.0477. The van der Waals surface area contributed by atoms with Crippen molar-refractivity contribution in [2.24, 2.45) is 5.41 Å². The van der Waals surface area contributed by atoms with Crippen LogP contribution in [0.15, 0.2) is 42.9 Å². The number of anilines is 2. The number of carbonyl (C=O) groups excluding carboxylic acids is 1. The normalized spacial score (nSPS) is 10.8. The summed E-state index contributed by atoms with van der Waals surface area (Å²) < 4.78 is 1.61. The van der Waals surface area contributed by atoms with E-state index in [0.29, 0.717) is 23.5 Å². The minimum atomic E-state index is -0.302. The molecule has 0 fully saturated rings. The molecule has 0 spiro atoms. The quantitative estimate of drug-likeness (QED) is 0.532. The molecule has 1 aromatic carbocycles. The van der Waals surface area contributed by atoms with Crippen molar-refractivity contribution in [1.82, 2.24) is 25.0 Å². The van der Waals surface area contributed by atoms with Crippen molar-refractivity contribution < 1.29 is 4.79 Å². The molecule has 0 aliphatic rings. The monoisotopic (exact) mass is 375 g/mol. The Balaban J connectivity index is 1.78. The maximum Gasteiger partial charge on any atom is 0.236 e. The molecule has 3 N–H and O–H groups in total. The fraction of sp³-hybridized carbons (Fsp3) is 0.250. The highest BCUT2D eigenvalue weighted by Crippen LogP contribution is 2.17. The second-order valence-electron chi connectivity index (χ2n) is 7.38. The van der Waals surface area contributed by atoms with Crippen LogP contribution in [0.2, 0.25) is 0 Å². The summed E-state index contributed by atoms with van der Waals surface area (Å²) in [5.41, 5.74) is 7.54. The van der Waals surface area contributed by atoms with Crippen molar-refractivity contribution in [1.29, 1.82) is 0 Å². The van der Waals surface area contributed by atoms with E-state index in [-0.39, 0.29) is 17.1 Å². The summed E-state index contributed by atoms with van der Waals surface area (Å²) in [6.07, 6.45) is 4.83. The van der Waals surface area contributed by atoms with Crippen LogP contribution >= 0.6 is 0 Å². The van der Waals surface area contributed by atoms with Gasteiger partial charge in [0.2, 0.25) is 11.7 Å². The van der Waals surface area contributed by atoms with E-state index < -0.39 is 0 Å². The number of Topliss-reactive ketones (excluding diaryl/α,β-unsaturated/α-hetero) is 1.